The summed E-state index contributed by atoms with van der Waals surface area (Å²) in [5.74, 6) is 2.41. The van der Waals surface area contributed by atoms with Gasteiger partial charge >= 0.3 is 0 Å². The van der Waals surface area contributed by atoms with Crippen molar-refractivity contribution in [1.29, 1.82) is 0 Å². The minimum Gasteiger partial charge on any atom is -0.457 e. The van der Waals surface area contributed by atoms with Gasteiger partial charge in [-0.2, -0.15) is 0 Å². The highest BCUT2D eigenvalue weighted by molar-refractivity contribution is 14.0. The molecule has 6 heteroatoms. The highest BCUT2D eigenvalue weighted by Gasteiger charge is 2.04. The third-order valence-electron chi connectivity index (χ3n) is 3.29. The molecule has 0 unspecified atom stereocenters. The first-order valence-electron chi connectivity index (χ1n) is 8.15. The Labute approximate surface area is 166 Å². The Balaban J connectivity index is 0.00000312. The molecular weight excluding hydrogens is 429 g/mol. The van der Waals surface area contributed by atoms with E-state index in [1.54, 1.807) is 7.11 Å². The molecule has 0 radical (unpaired) electrons. The minimum atomic E-state index is 0. The molecule has 0 aliphatic carbocycles. The Hall–Kier alpha value is -1.80. The van der Waals surface area contributed by atoms with E-state index in [0.717, 1.165) is 29.6 Å². The molecule has 0 aliphatic heterocycles. The van der Waals surface area contributed by atoms with Gasteiger partial charge in [0.05, 0.1) is 13.2 Å². The van der Waals surface area contributed by atoms with Gasteiger partial charge in [-0.3, -0.25) is 0 Å². The maximum Gasteiger partial charge on any atom is 0.191 e. The number of nitrogens with one attached hydrogen (secondary N) is 2. The average molecular weight is 455 g/mol. The number of guanidine groups is 1. The largest absolute Gasteiger partial charge is 0.457 e. The Bertz CT molecular complexity index is 636. The molecule has 0 fully saturated rings. The van der Waals surface area contributed by atoms with Gasteiger partial charge in [0.15, 0.2) is 5.96 Å². The number of para-hydroxylation sites is 2. The Morgan fingerprint density at radius 3 is 2.44 bits per heavy atom. The van der Waals surface area contributed by atoms with Crippen molar-refractivity contribution in [2.24, 2.45) is 4.99 Å². The van der Waals surface area contributed by atoms with Crippen molar-refractivity contribution >= 4 is 29.9 Å². The van der Waals surface area contributed by atoms with Crippen LogP contribution in [0.25, 0.3) is 0 Å². The summed E-state index contributed by atoms with van der Waals surface area (Å²) in [7, 11) is 1.68. The number of ether oxygens (including phenoxy) is 2. The summed E-state index contributed by atoms with van der Waals surface area (Å²) in [6.45, 7) is 4.73. The number of nitrogens with zero attached hydrogens (tertiary/aromatic N) is 1. The smallest absolute Gasteiger partial charge is 0.191 e. The highest BCUT2D eigenvalue weighted by Crippen LogP contribution is 2.25. The molecule has 0 heterocycles. The number of halogens is 1. The van der Waals surface area contributed by atoms with Gasteiger partial charge in [0.2, 0.25) is 0 Å². The molecule has 0 saturated heterocycles. The first-order chi connectivity index (χ1) is 11.8. The molecular formula is C19H26IN3O2. The second kappa shape index (κ2) is 12.5. The molecule has 2 rings (SSSR count). The Morgan fingerprint density at radius 2 is 1.72 bits per heavy atom. The van der Waals surface area contributed by atoms with Gasteiger partial charge in [0.1, 0.15) is 11.5 Å². The lowest BCUT2D eigenvalue weighted by Crippen LogP contribution is -2.38. The zero-order valence-corrected chi connectivity index (χ0v) is 17.0. The fourth-order valence-corrected chi connectivity index (χ4v) is 2.13. The number of methoxy groups -OCH3 is 1. The predicted molar refractivity (Wildman–Crippen MR) is 113 cm³/mol. The van der Waals surface area contributed by atoms with Crippen LogP contribution in [0.1, 0.15) is 12.5 Å². The molecule has 2 aromatic rings. The van der Waals surface area contributed by atoms with Crippen LogP contribution in [0.15, 0.2) is 59.6 Å². The van der Waals surface area contributed by atoms with Crippen LogP contribution in [0, 0.1) is 0 Å². The zero-order chi connectivity index (χ0) is 17.0. The normalized spacial score (nSPS) is 10.7. The number of aliphatic imine (C=N–C) groups is 1. The van der Waals surface area contributed by atoms with Gasteiger partial charge in [-0.1, -0.05) is 36.4 Å². The first-order valence-corrected chi connectivity index (χ1v) is 8.15. The molecule has 0 bridgehead atoms. The molecule has 0 atom stereocenters. The number of benzene rings is 2. The van der Waals surface area contributed by atoms with E-state index < -0.39 is 0 Å². The second-order valence-corrected chi connectivity index (χ2v) is 5.14. The highest BCUT2D eigenvalue weighted by atomic mass is 127. The molecule has 2 N–H and O–H groups in total. The summed E-state index contributed by atoms with van der Waals surface area (Å²) in [6.07, 6.45) is 0. The summed E-state index contributed by atoms with van der Waals surface area (Å²) in [5.41, 5.74) is 1.03. The SMILES string of the molecule is CCNC(=NCc1ccccc1Oc1ccccc1)NCCOC.I. The van der Waals surface area contributed by atoms with Crippen LogP contribution in [0.2, 0.25) is 0 Å². The van der Waals surface area contributed by atoms with Crippen LogP contribution in [0.5, 0.6) is 11.5 Å². The Kier molecular flexibility index (Phi) is 10.7. The maximum atomic E-state index is 5.97. The molecule has 0 saturated carbocycles. The van der Waals surface area contributed by atoms with Gasteiger partial charge in [-0.25, -0.2) is 4.99 Å². The lowest BCUT2D eigenvalue weighted by atomic mass is 10.2. The standard InChI is InChI=1S/C19H25N3O2.HI/c1-3-20-19(21-13-14-23-2)22-15-16-9-7-8-12-18(16)24-17-10-5-4-6-11-17;/h4-12H,3,13-15H2,1-2H3,(H2,20,21,22);1H. The van der Waals surface area contributed by atoms with Crippen molar-refractivity contribution in [3.05, 3.63) is 60.2 Å². The van der Waals surface area contributed by atoms with E-state index in [1.807, 2.05) is 61.5 Å². The fraction of sp³-hybridized carbons (Fsp3) is 0.316. The van der Waals surface area contributed by atoms with Gasteiger partial charge in [0.25, 0.3) is 0 Å². The summed E-state index contributed by atoms with van der Waals surface area (Å²) in [4.78, 5) is 4.62. The molecule has 5 nitrogen and oxygen atoms in total. The number of rotatable bonds is 8. The van der Waals surface area contributed by atoms with Crippen LogP contribution in [0.4, 0.5) is 0 Å². The molecule has 0 aliphatic rings. The van der Waals surface area contributed by atoms with Gasteiger partial charge in [0, 0.05) is 25.8 Å². The minimum absolute atomic E-state index is 0. The quantitative estimate of drug-likeness (QED) is 0.275. The fourth-order valence-electron chi connectivity index (χ4n) is 2.13. The maximum absolute atomic E-state index is 5.97. The van der Waals surface area contributed by atoms with Crippen LogP contribution >= 0.6 is 24.0 Å². The van der Waals surface area contributed by atoms with Crippen molar-refractivity contribution in [3.8, 4) is 11.5 Å². The van der Waals surface area contributed by atoms with Gasteiger partial charge in [-0.15, -0.1) is 24.0 Å². The van der Waals surface area contributed by atoms with Crippen molar-refractivity contribution in [2.45, 2.75) is 13.5 Å². The molecule has 0 spiro atoms. The van der Waals surface area contributed by atoms with E-state index in [9.17, 15) is 0 Å². The Morgan fingerprint density at radius 1 is 1.00 bits per heavy atom. The summed E-state index contributed by atoms with van der Waals surface area (Å²) in [5, 5.41) is 6.46. The zero-order valence-electron chi connectivity index (χ0n) is 14.7. The first kappa shape index (κ1) is 21.2. The van der Waals surface area contributed by atoms with Gasteiger partial charge < -0.3 is 20.1 Å². The van der Waals surface area contributed by atoms with E-state index in [4.69, 9.17) is 9.47 Å². The molecule has 25 heavy (non-hydrogen) atoms. The predicted octanol–water partition coefficient (Wildman–Crippen LogP) is 3.80. The molecule has 0 aromatic heterocycles. The number of hydrogen-bond donors (Lipinski definition) is 2. The lowest BCUT2D eigenvalue weighted by Gasteiger charge is -2.12. The third-order valence-corrected chi connectivity index (χ3v) is 3.29. The summed E-state index contributed by atoms with van der Waals surface area (Å²) in [6, 6.07) is 17.7. The van der Waals surface area contributed by atoms with Crippen LogP contribution in [-0.4, -0.2) is 32.8 Å². The van der Waals surface area contributed by atoms with E-state index >= 15 is 0 Å². The van der Waals surface area contributed by atoms with Crippen LogP contribution in [0.3, 0.4) is 0 Å². The van der Waals surface area contributed by atoms with Crippen molar-refractivity contribution < 1.29 is 9.47 Å². The van der Waals surface area contributed by atoms with E-state index in [1.165, 1.54) is 0 Å². The topological polar surface area (TPSA) is 54.9 Å². The van der Waals surface area contributed by atoms with Crippen molar-refractivity contribution in [1.82, 2.24) is 10.6 Å². The molecule has 136 valence electrons. The van der Waals surface area contributed by atoms with E-state index in [0.29, 0.717) is 19.7 Å². The van der Waals surface area contributed by atoms with Gasteiger partial charge in [-0.05, 0) is 25.1 Å². The monoisotopic (exact) mass is 455 g/mol. The van der Waals surface area contributed by atoms with Crippen molar-refractivity contribution in [2.75, 3.05) is 26.8 Å². The lowest BCUT2D eigenvalue weighted by molar-refractivity contribution is 0.203. The van der Waals surface area contributed by atoms with E-state index in [-0.39, 0.29) is 24.0 Å². The number of hydrogen-bond acceptors (Lipinski definition) is 3. The summed E-state index contributed by atoms with van der Waals surface area (Å²) >= 11 is 0. The average Bonchev–Trinajstić information content (AvgIpc) is 2.62. The summed E-state index contributed by atoms with van der Waals surface area (Å²) < 4.78 is 11.0. The van der Waals surface area contributed by atoms with Crippen LogP contribution < -0.4 is 15.4 Å². The molecule has 0 amide bonds. The third kappa shape index (κ3) is 7.74. The van der Waals surface area contributed by atoms with Crippen molar-refractivity contribution in [3.63, 3.8) is 0 Å². The van der Waals surface area contributed by atoms with Crippen LogP contribution in [-0.2, 0) is 11.3 Å². The second-order valence-electron chi connectivity index (χ2n) is 5.14. The molecule has 2 aromatic carbocycles. The van der Waals surface area contributed by atoms with E-state index in [2.05, 4.69) is 15.6 Å².